The van der Waals surface area contributed by atoms with Crippen molar-refractivity contribution in [1.29, 1.82) is 0 Å². The quantitative estimate of drug-likeness (QED) is 0.105. The van der Waals surface area contributed by atoms with Gasteiger partial charge >= 0.3 is 18.0 Å². The zero-order chi connectivity index (χ0) is 46.3. The fourth-order valence-corrected chi connectivity index (χ4v) is 8.86. The Kier molecular flexibility index (Phi) is 15.8. The van der Waals surface area contributed by atoms with Crippen LogP contribution in [0.15, 0.2) is 55.4 Å². The van der Waals surface area contributed by atoms with Crippen LogP contribution in [-0.2, 0) is 30.3 Å². The third-order valence-electron chi connectivity index (χ3n) is 12.3. The maximum Gasteiger partial charge on any atom is 0.407 e. The molecule has 16 nitrogen and oxygen atoms in total. The highest BCUT2D eigenvalue weighted by atomic mass is 16.6. The topological polar surface area (TPSA) is 250 Å². The molecule has 0 radical (unpaired) electrons. The van der Waals surface area contributed by atoms with E-state index in [0.717, 1.165) is 50.8 Å². The number of amides is 3. The summed E-state index contributed by atoms with van der Waals surface area (Å²) in [6.07, 6.45) is 8.38. The molecule has 9 N–H and O–H groups in total. The van der Waals surface area contributed by atoms with Crippen LogP contribution in [0.1, 0.15) is 111 Å². The molecule has 0 saturated heterocycles. The second-order valence-electron chi connectivity index (χ2n) is 17.8. The Morgan fingerprint density at radius 3 is 2.29 bits per heavy atom. The van der Waals surface area contributed by atoms with Gasteiger partial charge in [0.25, 0.3) is 0 Å². The monoisotopic (exact) mass is 871 g/mol. The number of H-pyrrole nitrogens is 1. The van der Waals surface area contributed by atoms with E-state index >= 15 is 0 Å². The van der Waals surface area contributed by atoms with Gasteiger partial charge in [-0.3, -0.25) is 24.2 Å². The third-order valence-corrected chi connectivity index (χ3v) is 12.3. The number of nitrogens with zero attached hydrogens (tertiary/aromatic N) is 2. The van der Waals surface area contributed by atoms with E-state index in [1.807, 2.05) is 26.0 Å². The molecule has 0 aliphatic carbocycles. The van der Waals surface area contributed by atoms with Gasteiger partial charge in [0.15, 0.2) is 0 Å². The Morgan fingerprint density at radius 2 is 1.63 bits per heavy atom. The second-order valence-corrected chi connectivity index (χ2v) is 17.8. The highest BCUT2D eigenvalue weighted by Gasteiger charge is 2.44. The molecule has 8 bridgehead atoms. The summed E-state index contributed by atoms with van der Waals surface area (Å²) in [6, 6.07) is -1.67. The van der Waals surface area contributed by atoms with Crippen LogP contribution in [0.25, 0.3) is 12.2 Å². The molecular formula is C47H66N8O8. The number of aromatic amines is 1. The lowest BCUT2D eigenvalue weighted by Crippen LogP contribution is -2.44. The van der Waals surface area contributed by atoms with Crippen LogP contribution in [0, 0.1) is 24.7 Å². The summed E-state index contributed by atoms with van der Waals surface area (Å²) in [4.78, 5) is 77.7. The van der Waals surface area contributed by atoms with Gasteiger partial charge in [-0.25, -0.2) is 9.79 Å². The summed E-state index contributed by atoms with van der Waals surface area (Å²) in [5, 5.41) is 34.2. The van der Waals surface area contributed by atoms with Crippen LogP contribution in [0.3, 0.4) is 0 Å². The number of carboxylic acid groups (broad SMARTS) is 2. The molecule has 342 valence electrons. The van der Waals surface area contributed by atoms with Crippen molar-refractivity contribution in [1.82, 2.24) is 26.3 Å². The highest BCUT2D eigenvalue weighted by Crippen LogP contribution is 2.42. The summed E-state index contributed by atoms with van der Waals surface area (Å²) >= 11 is 0. The van der Waals surface area contributed by atoms with Crippen molar-refractivity contribution in [2.24, 2.45) is 33.5 Å². The van der Waals surface area contributed by atoms with Crippen LogP contribution >= 0.6 is 0 Å². The summed E-state index contributed by atoms with van der Waals surface area (Å²) in [6.45, 7) is 18.0. The van der Waals surface area contributed by atoms with Crippen LogP contribution < -0.4 is 37.7 Å². The predicted octanol–water partition coefficient (Wildman–Crippen LogP) is 3.94. The van der Waals surface area contributed by atoms with Gasteiger partial charge in [-0.2, -0.15) is 0 Å². The molecule has 1 aromatic rings. The summed E-state index contributed by atoms with van der Waals surface area (Å²) in [5.41, 5.74) is 14.2. The Hall–Kier alpha value is -5.77. The molecule has 0 saturated carbocycles. The molecule has 1 aromatic heterocycles. The minimum Gasteiger partial charge on any atom is -0.481 e. The van der Waals surface area contributed by atoms with Gasteiger partial charge in [0.2, 0.25) is 11.8 Å². The maximum atomic E-state index is 14.0. The van der Waals surface area contributed by atoms with E-state index < -0.39 is 53.5 Å². The third kappa shape index (κ3) is 11.6. The van der Waals surface area contributed by atoms with Gasteiger partial charge in [0.05, 0.1) is 29.9 Å². The number of nitrogens with one attached hydrogen (secondary N) is 5. The molecular weight excluding hydrogens is 805 g/mol. The number of carboxylic acids is 2. The van der Waals surface area contributed by atoms with Gasteiger partial charge in [-0.05, 0) is 132 Å². The lowest BCUT2D eigenvalue weighted by molar-refractivity contribution is -0.141. The second kappa shape index (κ2) is 20.6. The van der Waals surface area contributed by atoms with Crippen LogP contribution in [0.2, 0.25) is 0 Å². The number of hydrogen-bond donors (Lipinski definition) is 8. The predicted molar refractivity (Wildman–Crippen MR) is 243 cm³/mol. The first kappa shape index (κ1) is 48.3. The van der Waals surface area contributed by atoms with E-state index in [2.05, 4.69) is 53.1 Å². The van der Waals surface area contributed by atoms with E-state index in [9.17, 15) is 34.2 Å². The van der Waals surface area contributed by atoms with Crippen LogP contribution in [0.5, 0.6) is 0 Å². The average Bonchev–Trinajstić information content (AvgIpc) is 3.89. The Balaban J connectivity index is 1.44. The SMILES string of the molecule is CCC1=C(C)C2=NC1=CC1=C(C)C(C(=O)O)C(N1)/C(CC(=O)NCCNC(=O)C(N)CCCCNC(=O)OC(C)(C)C)=C1\N=C(C=c3[nH]c(c(CC)c3C)=C2)C(C)C1CCC(=O)O. The Labute approximate surface area is 369 Å². The standard InChI is InChI=1S/C47H66N8O8/c1-10-28-24(3)33-21-35-26(5)30(15-16-40(57)58)42(54-35)31(20-39(56)49-18-19-50-44(59)32(48)14-12-13-17-51-46(62)63-47(7,8)9)43-41(45(60)61)27(6)36(55-43)23-38-29(11-2)25(4)34(53-38)22-37(28)52-33/h21-23,26,30,32,41,43,52,55H,10-20,48H2,1-9H3,(H,49,56)(H,50,59)(H,51,62)(H,57,58)(H,60,61)/b33-21?,37-22?,38-23?,42-31-. The highest BCUT2D eigenvalue weighted by molar-refractivity contribution is 6.23. The number of fused-ring (bicyclic) bond motifs is 6. The number of carbonyl (C=O) groups is 5. The molecule has 3 amide bonds. The van der Waals surface area contributed by atoms with Gasteiger partial charge in [0, 0.05) is 65.7 Å². The molecule has 5 unspecified atom stereocenters. The summed E-state index contributed by atoms with van der Waals surface area (Å²) < 4.78 is 5.23. The first-order chi connectivity index (χ1) is 29.7. The number of allylic oxidation sites excluding steroid dienone is 4. The van der Waals surface area contributed by atoms with E-state index in [4.69, 9.17) is 20.5 Å². The van der Waals surface area contributed by atoms with Crippen molar-refractivity contribution in [3.63, 3.8) is 0 Å². The number of aromatic nitrogens is 1. The zero-order valence-corrected chi connectivity index (χ0v) is 38.2. The van der Waals surface area contributed by atoms with Crippen molar-refractivity contribution in [2.75, 3.05) is 19.6 Å². The van der Waals surface area contributed by atoms with Crippen molar-refractivity contribution < 1.29 is 38.9 Å². The normalized spacial score (nSPS) is 22.3. The summed E-state index contributed by atoms with van der Waals surface area (Å²) in [7, 11) is 0. The molecule has 5 rings (SSSR count). The number of aliphatic carboxylic acids is 2. The van der Waals surface area contributed by atoms with E-state index in [0.29, 0.717) is 60.5 Å². The van der Waals surface area contributed by atoms with Crippen molar-refractivity contribution in [3.8, 4) is 0 Å². The minimum atomic E-state index is -1.08. The van der Waals surface area contributed by atoms with Crippen LogP contribution in [-0.4, -0.2) is 93.8 Å². The molecule has 5 atom stereocenters. The fraction of sp³-hybridized carbons (Fsp3) is 0.553. The Bertz CT molecular complexity index is 2320. The van der Waals surface area contributed by atoms with Gasteiger partial charge in [-0.15, -0.1) is 0 Å². The lowest BCUT2D eigenvalue weighted by Gasteiger charge is -2.26. The van der Waals surface area contributed by atoms with Crippen LogP contribution in [0.4, 0.5) is 4.79 Å². The lowest BCUT2D eigenvalue weighted by atomic mass is 9.81. The molecule has 0 fully saturated rings. The van der Waals surface area contributed by atoms with Crippen molar-refractivity contribution in [3.05, 3.63) is 67.3 Å². The number of ether oxygens (including phenoxy) is 1. The van der Waals surface area contributed by atoms with Gasteiger partial charge in [0.1, 0.15) is 11.5 Å². The molecule has 16 heteroatoms. The average molecular weight is 871 g/mol. The first-order valence-electron chi connectivity index (χ1n) is 22.2. The number of carbonyl (C=O) groups excluding carboxylic acids is 3. The van der Waals surface area contributed by atoms with E-state index in [-0.39, 0.29) is 44.2 Å². The fourth-order valence-electron chi connectivity index (χ4n) is 8.86. The first-order valence-corrected chi connectivity index (χ1v) is 22.2. The maximum absolute atomic E-state index is 14.0. The largest absolute Gasteiger partial charge is 0.481 e. The van der Waals surface area contributed by atoms with E-state index in [1.165, 1.54) is 0 Å². The number of unbranched alkanes of at least 4 members (excludes halogenated alkanes) is 1. The number of nitrogens with two attached hydrogens (primary N) is 1. The smallest absolute Gasteiger partial charge is 0.407 e. The molecule has 63 heavy (non-hydrogen) atoms. The molecule has 4 aliphatic rings. The molecule has 4 aliphatic heterocycles. The zero-order valence-electron chi connectivity index (χ0n) is 38.2. The van der Waals surface area contributed by atoms with Gasteiger partial charge < -0.3 is 46.9 Å². The molecule has 5 heterocycles. The van der Waals surface area contributed by atoms with Crippen molar-refractivity contribution in [2.45, 2.75) is 131 Å². The Morgan fingerprint density at radius 1 is 0.921 bits per heavy atom. The van der Waals surface area contributed by atoms with Crippen molar-refractivity contribution >= 4 is 53.4 Å². The minimum absolute atomic E-state index is 0.0764. The van der Waals surface area contributed by atoms with Gasteiger partial charge in [-0.1, -0.05) is 20.8 Å². The molecule has 0 aromatic carbocycles. The number of hydrogen-bond acceptors (Lipinski definition) is 10. The van der Waals surface area contributed by atoms with E-state index in [1.54, 1.807) is 27.7 Å². The number of rotatable bonds is 17. The number of aliphatic imine (C=N–C) groups is 2. The molecule has 0 spiro atoms. The summed E-state index contributed by atoms with van der Waals surface area (Å²) in [5.74, 6) is -4.59. The number of alkyl carbamates (subject to hydrolysis) is 1.